The SMILES string of the molecule is c1ccc(-c2ccc3c(-c4cccc(-c5cc6ccccc6c6ccccc56)c4)c4ccccc4c(-c4cccc5ccccc45)c3c2)cc1. The molecule has 0 N–H and O–H groups in total. The second-order valence-electron chi connectivity index (χ2n) is 13.2. The van der Waals surface area contributed by atoms with Gasteiger partial charge in [-0.05, 0) is 117 Å². The molecule has 10 aromatic rings. The smallest absolute Gasteiger partial charge is 0.00199 e. The number of hydrogen-bond acceptors (Lipinski definition) is 0. The molecule has 0 aliphatic carbocycles. The molecular weight excluding hydrogens is 601 g/mol. The quantitative estimate of drug-likeness (QED) is 0.134. The Morgan fingerprint density at radius 2 is 0.760 bits per heavy atom. The summed E-state index contributed by atoms with van der Waals surface area (Å²) in [5, 5.41) is 12.7. The first-order chi connectivity index (χ1) is 24.8. The predicted molar refractivity (Wildman–Crippen MR) is 216 cm³/mol. The van der Waals surface area contributed by atoms with Crippen molar-refractivity contribution in [1.82, 2.24) is 0 Å². The van der Waals surface area contributed by atoms with E-state index in [2.05, 4.69) is 194 Å². The van der Waals surface area contributed by atoms with Crippen LogP contribution < -0.4 is 0 Å². The fourth-order valence-electron chi connectivity index (χ4n) is 8.17. The van der Waals surface area contributed by atoms with Crippen LogP contribution in [0.15, 0.2) is 194 Å². The Hall–Kier alpha value is -6.50. The minimum Gasteiger partial charge on any atom is -0.0622 e. The Morgan fingerprint density at radius 1 is 0.200 bits per heavy atom. The highest BCUT2D eigenvalue weighted by molar-refractivity contribution is 6.24. The summed E-state index contributed by atoms with van der Waals surface area (Å²) in [4.78, 5) is 0. The van der Waals surface area contributed by atoms with Crippen LogP contribution >= 0.6 is 0 Å². The van der Waals surface area contributed by atoms with Crippen molar-refractivity contribution in [2.75, 3.05) is 0 Å². The third kappa shape index (κ3) is 4.54. The van der Waals surface area contributed by atoms with Crippen molar-refractivity contribution in [1.29, 1.82) is 0 Å². The second-order valence-corrected chi connectivity index (χ2v) is 13.2. The number of rotatable bonds is 4. The molecule has 0 saturated carbocycles. The maximum atomic E-state index is 2.42. The van der Waals surface area contributed by atoms with Crippen LogP contribution in [0.25, 0.3) is 98.4 Å². The van der Waals surface area contributed by atoms with E-state index in [1.807, 2.05) is 0 Å². The standard InChI is InChI=1S/C50H32/c1-2-14-33(15-3-1)35-28-29-46-48(31-35)50(43-27-13-18-34-16-4-6-21-39(34)43)45-26-11-10-25-44(45)49(46)38-20-12-19-36(30-38)47-32-37-17-5-7-22-40(37)41-23-8-9-24-42(41)47/h1-32H. The van der Waals surface area contributed by atoms with E-state index < -0.39 is 0 Å². The Morgan fingerprint density at radius 3 is 1.58 bits per heavy atom. The average molecular weight is 633 g/mol. The molecule has 0 saturated heterocycles. The highest BCUT2D eigenvalue weighted by Crippen LogP contribution is 2.47. The van der Waals surface area contributed by atoms with E-state index in [9.17, 15) is 0 Å². The Bertz CT molecular complexity index is 2910. The van der Waals surface area contributed by atoms with Gasteiger partial charge in [0.05, 0.1) is 0 Å². The van der Waals surface area contributed by atoms with Gasteiger partial charge in [0.15, 0.2) is 0 Å². The zero-order chi connectivity index (χ0) is 33.0. The van der Waals surface area contributed by atoms with Gasteiger partial charge in [-0.15, -0.1) is 0 Å². The molecule has 0 atom stereocenters. The first-order valence-electron chi connectivity index (χ1n) is 17.4. The Kier molecular flexibility index (Phi) is 6.60. The van der Waals surface area contributed by atoms with E-state index >= 15 is 0 Å². The van der Waals surface area contributed by atoms with Crippen molar-refractivity contribution >= 4 is 53.9 Å². The first-order valence-corrected chi connectivity index (χ1v) is 17.4. The van der Waals surface area contributed by atoms with Crippen LogP contribution in [-0.4, -0.2) is 0 Å². The highest BCUT2D eigenvalue weighted by atomic mass is 14.2. The van der Waals surface area contributed by atoms with Crippen LogP contribution in [0.5, 0.6) is 0 Å². The summed E-state index contributed by atoms with van der Waals surface area (Å²) in [5.41, 5.74) is 9.96. The molecule has 10 aromatic carbocycles. The van der Waals surface area contributed by atoms with Crippen LogP contribution in [0, 0.1) is 0 Å². The average Bonchev–Trinajstić information content (AvgIpc) is 3.19. The van der Waals surface area contributed by atoms with Crippen molar-refractivity contribution in [2.24, 2.45) is 0 Å². The molecule has 0 radical (unpaired) electrons. The number of fused-ring (bicyclic) bond motifs is 6. The molecule has 0 aromatic heterocycles. The van der Waals surface area contributed by atoms with Crippen molar-refractivity contribution in [3.63, 3.8) is 0 Å². The zero-order valence-electron chi connectivity index (χ0n) is 27.5. The van der Waals surface area contributed by atoms with Gasteiger partial charge >= 0.3 is 0 Å². The molecule has 0 amide bonds. The van der Waals surface area contributed by atoms with Crippen molar-refractivity contribution < 1.29 is 0 Å². The lowest BCUT2D eigenvalue weighted by Gasteiger charge is -2.20. The summed E-state index contributed by atoms with van der Waals surface area (Å²) in [7, 11) is 0. The lowest BCUT2D eigenvalue weighted by atomic mass is 9.83. The van der Waals surface area contributed by atoms with Gasteiger partial charge < -0.3 is 0 Å². The van der Waals surface area contributed by atoms with Gasteiger partial charge in [0.1, 0.15) is 0 Å². The molecule has 10 rings (SSSR count). The molecule has 0 aliphatic rings. The third-order valence-electron chi connectivity index (χ3n) is 10.4. The van der Waals surface area contributed by atoms with E-state index in [1.54, 1.807) is 0 Å². The molecule has 232 valence electrons. The van der Waals surface area contributed by atoms with Crippen molar-refractivity contribution in [3.05, 3.63) is 194 Å². The number of benzene rings is 10. The lowest BCUT2D eigenvalue weighted by Crippen LogP contribution is -1.93. The minimum atomic E-state index is 1.22. The maximum Gasteiger partial charge on any atom is -0.00199 e. The van der Waals surface area contributed by atoms with Gasteiger partial charge in [0.2, 0.25) is 0 Å². The highest BCUT2D eigenvalue weighted by Gasteiger charge is 2.19. The first kappa shape index (κ1) is 28.5. The van der Waals surface area contributed by atoms with Gasteiger partial charge in [0.25, 0.3) is 0 Å². The molecule has 0 spiro atoms. The number of hydrogen-bond donors (Lipinski definition) is 0. The lowest BCUT2D eigenvalue weighted by molar-refractivity contribution is 1.63. The van der Waals surface area contributed by atoms with Gasteiger partial charge in [-0.1, -0.05) is 176 Å². The summed E-state index contributed by atoms with van der Waals surface area (Å²) in [6, 6.07) is 71.4. The third-order valence-corrected chi connectivity index (χ3v) is 10.4. The van der Waals surface area contributed by atoms with Gasteiger partial charge in [-0.2, -0.15) is 0 Å². The summed E-state index contributed by atoms with van der Waals surface area (Å²) in [5.74, 6) is 0. The molecule has 0 aliphatic heterocycles. The fourth-order valence-corrected chi connectivity index (χ4v) is 8.17. The molecule has 0 fully saturated rings. The molecule has 0 heteroatoms. The van der Waals surface area contributed by atoms with Crippen LogP contribution in [0.1, 0.15) is 0 Å². The van der Waals surface area contributed by atoms with Gasteiger partial charge in [-0.25, -0.2) is 0 Å². The predicted octanol–water partition coefficient (Wildman–Crippen LogP) is 14.1. The molecule has 0 bridgehead atoms. The summed E-state index contributed by atoms with van der Waals surface area (Å²) in [6.07, 6.45) is 0. The summed E-state index contributed by atoms with van der Waals surface area (Å²) in [6.45, 7) is 0. The summed E-state index contributed by atoms with van der Waals surface area (Å²) >= 11 is 0. The Balaban J connectivity index is 1.30. The molecule has 0 nitrogen and oxygen atoms in total. The fraction of sp³-hybridized carbons (Fsp3) is 0. The van der Waals surface area contributed by atoms with Crippen LogP contribution in [0.2, 0.25) is 0 Å². The van der Waals surface area contributed by atoms with E-state index in [1.165, 1.54) is 98.4 Å². The minimum absolute atomic E-state index is 1.22. The summed E-state index contributed by atoms with van der Waals surface area (Å²) < 4.78 is 0. The normalized spacial score (nSPS) is 11.6. The van der Waals surface area contributed by atoms with Gasteiger partial charge in [0, 0.05) is 0 Å². The van der Waals surface area contributed by atoms with Crippen molar-refractivity contribution in [3.8, 4) is 44.5 Å². The largest absolute Gasteiger partial charge is 0.0622 e. The van der Waals surface area contributed by atoms with E-state index in [0.717, 1.165) is 0 Å². The van der Waals surface area contributed by atoms with E-state index in [-0.39, 0.29) is 0 Å². The maximum absolute atomic E-state index is 2.42. The van der Waals surface area contributed by atoms with E-state index in [4.69, 9.17) is 0 Å². The topological polar surface area (TPSA) is 0 Å². The molecule has 0 unspecified atom stereocenters. The van der Waals surface area contributed by atoms with Gasteiger partial charge in [-0.3, -0.25) is 0 Å². The second kappa shape index (κ2) is 11.6. The monoisotopic (exact) mass is 632 g/mol. The molecule has 50 heavy (non-hydrogen) atoms. The zero-order valence-corrected chi connectivity index (χ0v) is 27.5. The van der Waals surface area contributed by atoms with Crippen molar-refractivity contribution in [2.45, 2.75) is 0 Å². The molecule has 0 heterocycles. The van der Waals surface area contributed by atoms with Crippen LogP contribution in [0.3, 0.4) is 0 Å². The Labute approximate surface area is 291 Å². The van der Waals surface area contributed by atoms with E-state index in [0.29, 0.717) is 0 Å². The van der Waals surface area contributed by atoms with Crippen LogP contribution in [-0.2, 0) is 0 Å². The van der Waals surface area contributed by atoms with Crippen LogP contribution in [0.4, 0.5) is 0 Å². The molecular formula is C50H32.